The number of carbonyl (C=O) groups excluding carboxylic acids is 1. The first kappa shape index (κ1) is 12.1. The zero-order valence-corrected chi connectivity index (χ0v) is 11.9. The van der Waals surface area contributed by atoms with E-state index in [0.29, 0.717) is 11.4 Å². The summed E-state index contributed by atoms with van der Waals surface area (Å²) in [6.07, 6.45) is 2.78. The van der Waals surface area contributed by atoms with Crippen LogP contribution in [0, 0.1) is 6.92 Å². The van der Waals surface area contributed by atoms with E-state index in [1.165, 1.54) is 0 Å². The molecule has 0 amide bonds. The Hall–Kier alpha value is -1.94. The Balaban J connectivity index is 2.32. The molecule has 3 nitrogen and oxygen atoms in total. The van der Waals surface area contributed by atoms with Crippen LogP contribution in [0.2, 0.25) is 0 Å². The van der Waals surface area contributed by atoms with Crippen molar-refractivity contribution >= 4 is 27.9 Å². The molecule has 0 fully saturated rings. The van der Waals surface area contributed by atoms with Gasteiger partial charge >= 0.3 is 0 Å². The molecular weight excluding hydrogens is 304 g/mol. The van der Waals surface area contributed by atoms with E-state index in [1.54, 1.807) is 0 Å². The minimum Gasteiger partial charge on any atom is -0.296 e. The van der Waals surface area contributed by atoms with Gasteiger partial charge in [0.25, 0.3) is 0 Å². The average molecular weight is 315 g/mol. The van der Waals surface area contributed by atoms with Crippen LogP contribution < -0.4 is 0 Å². The number of pyridine rings is 1. The molecule has 0 unspecified atom stereocenters. The molecule has 94 valence electrons. The Labute approximate surface area is 119 Å². The van der Waals surface area contributed by atoms with Crippen LogP contribution in [0.15, 0.2) is 47.1 Å². The Morgan fingerprint density at radius 2 is 2.11 bits per heavy atom. The molecule has 0 aliphatic carbocycles. The third-order valence-electron chi connectivity index (χ3n) is 3.01. The largest absolute Gasteiger partial charge is 0.296 e. The molecule has 0 saturated heterocycles. The number of halogens is 1. The highest BCUT2D eigenvalue weighted by Gasteiger charge is 2.13. The number of hydrogen-bond acceptors (Lipinski definition) is 2. The average Bonchev–Trinajstić information content (AvgIpc) is 2.76. The van der Waals surface area contributed by atoms with Gasteiger partial charge in [-0.15, -0.1) is 0 Å². The second kappa shape index (κ2) is 4.63. The van der Waals surface area contributed by atoms with Crippen LogP contribution in [0.25, 0.3) is 16.9 Å². The summed E-state index contributed by atoms with van der Waals surface area (Å²) in [5.41, 5.74) is 4.09. The Morgan fingerprint density at radius 3 is 2.84 bits per heavy atom. The number of fused-ring (bicyclic) bond motifs is 1. The van der Waals surface area contributed by atoms with Crippen LogP contribution >= 0.6 is 15.9 Å². The molecule has 3 aromatic rings. The minimum absolute atomic E-state index is 0.580. The van der Waals surface area contributed by atoms with E-state index in [-0.39, 0.29) is 0 Å². The zero-order valence-electron chi connectivity index (χ0n) is 10.3. The lowest BCUT2D eigenvalue weighted by molar-refractivity contribution is 0.111. The zero-order chi connectivity index (χ0) is 13.4. The number of rotatable bonds is 2. The third-order valence-corrected chi connectivity index (χ3v) is 3.51. The van der Waals surface area contributed by atoms with E-state index in [4.69, 9.17) is 0 Å². The van der Waals surface area contributed by atoms with Gasteiger partial charge in [-0.25, -0.2) is 4.98 Å². The highest BCUT2D eigenvalue weighted by molar-refractivity contribution is 9.10. The number of aldehydes is 1. The first-order valence-electron chi connectivity index (χ1n) is 5.89. The number of nitrogens with zero attached hydrogens (tertiary/aromatic N) is 2. The lowest BCUT2D eigenvalue weighted by Crippen LogP contribution is -1.93. The summed E-state index contributed by atoms with van der Waals surface area (Å²) in [5, 5.41) is 0. The summed E-state index contributed by atoms with van der Waals surface area (Å²) >= 11 is 3.44. The van der Waals surface area contributed by atoms with Crippen molar-refractivity contribution in [1.82, 2.24) is 9.38 Å². The lowest BCUT2D eigenvalue weighted by atomic mass is 10.1. The molecule has 0 atom stereocenters. The molecule has 0 spiro atoms. The van der Waals surface area contributed by atoms with Gasteiger partial charge in [0.05, 0.1) is 0 Å². The van der Waals surface area contributed by atoms with Gasteiger partial charge in [0.2, 0.25) is 0 Å². The molecule has 19 heavy (non-hydrogen) atoms. The van der Waals surface area contributed by atoms with E-state index in [9.17, 15) is 4.79 Å². The maximum Gasteiger partial charge on any atom is 0.169 e. The molecule has 0 aliphatic heterocycles. The molecule has 4 heteroatoms. The van der Waals surface area contributed by atoms with E-state index in [0.717, 1.165) is 27.5 Å². The SMILES string of the molecule is Cc1ccc2nc(-c3cccc(Br)c3)c(C=O)n2c1. The van der Waals surface area contributed by atoms with E-state index in [1.807, 2.05) is 53.9 Å². The number of hydrogen-bond donors (Lipinski definition) is 0. The first-order valence-corrected chi connectivity index (χ1v) is 6.68. The maximum absolute atomic E-state index is 11.4. The number of carbonyl (C=O) groups is 1. The third kappa shape index (κ3) is 2.08. The second-order valence-electron chi connectivity index (χ2n) is 4.41. The van der Waals surface area contributed by atoms with Crippen LogP contribution in [0.1, 0.15) is 16.1 Å². The number of imidazole rings is 1. The van der Waals surface area contributed by atoms with Crippen LogP contribution in [0.4, 0.5) is 0 Å². The van der Waals surface area contributed by atoms with Gasteiger partial charge in [0.15, 0.2) is 6.29 Å². The Kier molecular flexibility index (Phi) is 2.95. The Morgan fingerprint density at radius 1 is 1.26 bits per heavy atom. The number of benzene rings is 1. The monoisotopic (exact) mass is 314 g/mol. The van der Waals surface area contributed by atoms with E-state index < -0.39 is 0 Å². The fraction of sp³-hybridized carbons (Fsp3) is 0.0667. The van der Waals surface area contributed by atoms with E-state index >= 15 is 0 Å². The van der Waals surface area contributed by atoms with Crippen molar-refractivity contribution in [1.29, 1.82) is 0 Å². The van der Waals surface area contributed by atoms with Gasteiger partial charge in [-0.3, -0.25) is 9.20 Å². The molecule has 1 aromatic carbocycles. The highest BCUT2D eigenvalue weighted by Crippen LogP contribution is 2.26. The molecule has 0 radical (unpaired) electrons. The summed E-state index contributed by atoms with van der Waals surface area (Å²) in [4.78, 5) is 15.9. The van der Waals surface area contributed by atoms with Crippen molar-refractivity contribution in [3.8, 4) is 11.3 Å². The summed E-state index contributed by atoms with van der Waals surface area (Å²) in [7, 11) is 0. The summed E-state index contributed by atoms with van der Waals surface area (Å²) in [5.74, 6) is 0. The predicted octanol–water partition coefficient (Wildman–Crippen LogP) is 3.88. The molecule has 0 saturated carbocycles. The quantitative estimate of drug-likeness (QED) is 0.673. The minimum atomic E-state index is 0.580. The van der Waals surface area contributed by atoms with Crippen molar-refractivity contribution in [3.05, 3.63) is 58.3 Å². The summed E-state index contributed by atoms with van der Waals surface area (Å²) in [6, 6.07) is 11.7. The van der Waals surface area contributed by atoms with Crippen molar-refractivity contribution in [2.45, 2.75) is 6.92 Å². The fourth-order valence-corrected chi connectivity index (χ4v) is 2.53. The van der Waals surface area contributed by atoms with Crippen LogP contribution in [0.3, 0.4) is 0 Å². The second-order valence-corrected chi connectivity index (χ2v) is 5.32. The number of aryl methyl sites for hydroxylation is 1. The molecule has 2 heterocycles. The standard InChI is InChI=1S/C15H11BrN2O/c1-10-5-6-14-17-15(13(9-19)18(14)8-10)11-3-2-4-12(16)7-11/h2-9H,1H3. The first-order chi connectivity index (χ1) is 9.19. The fourth-order valence-electron chi connectivity index (χ4n) is 2.13. The van der Waals surface area contributed by atoms with Crippen LogP contribution in [-0.2, 0) is 0 Å². The van der Waals surface area contributed by atoms with Gasteiger partial charge < -0.3 is 0 Å². The number of aromatic nitrogens is 2. The lowest BCUT2D eigenvalue weighted by Gasteiger charge is -2.00. The molecule has 0 aliphatic rings. The molecule has 0 bridgehead atoms. The molecular formula is C15H11BrN2O. The van der Waals surface area contributed by atoms with Crippen molar-refractivity contribution in [2.24, 2.45) is 0 Å². The molecule has 3 rings (SSSR count). The van der Waals surface area contributed by atoms with Gasteiger partial charge in [-0.2, -0.15) is 0 Å². The van der Waals surface area contributed by atoms with E-state index in [2.05, 4.69) is 20.9 Å². The highest BCUT2D eigenvalue weighted by atomic mass is 79.9. The van der Waals surface area contributed by atoms with Crippen molar-refractivity contribution in [2.75, 3.05) is 0 Å². The topological polar surface area (TPSA) is 34.4 Å². The van der Waals surface area contributed by atoms with Crippen molar-refractivity contribution < 1.29 is 4.79 Å². The molecule has 2 aromatic heterocycles. The Bertz CT molecular complexity index is 777. The molecule has 0 N–H and O–H groups in total. The van der Waals surface area contributed by atoms with Crippen LogP contribution in [-0.4, -0.2) is 15.7 Å². The maximum atomic E-state index is 11.4. The summed E-state index contributed by atoms with van der Waals surface area (Å²) in [6.45, 7) is 1.99. The smallest absolute Gasteiger partial charge is 0.169 e. The van der Waals surface area contributed by atoms with Gasteiger partial charge in [0, 0.05) is 16.2 Å². The van der Waals surface area contributed by atoms with Crippen LogP contribution in [0.5, 0.6) is 0 Å². The van der Waals surface area contributed by atoms with Gasteiger partial charge in [0.1, 0.15) is 17.0 Å². The predicted molar refractivity (Wildman–Crippen MR) is 78.5 cm³/mol. The van der Waals surface area contributed by atoms with Gasteiger partial charge in [-0.05, 0) is 30.7 Å². The van der Waals surface area contributed by atoms with Gasteiger partial charge in [-0.1, -0.05) is 34.1 Å². The summed E-state index contributed by atoms with van der Waals surface area (Å²) < 4.78 is 2.80. The van der Waals surface area contributed by atoms with Crippen molar-refractivity contribution in [3.63, 3.8) is 0 Å². The normalized spacial score (nSPS) is 10.8.